The third-order valence-electron chi connectivity index (χ3n) is 4.39. The van der Waals surface area contributed by atoms with E-state index in [9.17, 15) is 32.3 Å². The zero-order valence-corrected chi connectivity index (χ0v) is 17.5. The fourth-order valence-electron chi connectivity index (χ4n) is 2.92. The molecule has 0 aliphatic rings. The minimum Gasteiger partial charge on any atom is -0.374 e. The summed E-state index contributed by atoms with van der Waals surface area (Å²) in [4.78, 5) is 30.9. The van der Waals surface area contributed by atoms with E-state index in [1.165, 1.54) is 37.7 Å². The Hall–Kier alpha value is -3.32. The number of carbonyl (C=O) groups excluding carboxylic acids is 2. The molecule has 0 bridgehead atoms. The normalized spacial score (nSPS) is 13.5. The summed E-state index contributed by atoms with van der Waals surface area (Å²) in [7, 11) is 1.26. The lowest BCUT2D eigenvalue weighted by Crippen LogP contribution is -2.46. The van der Waals surface area contributed by atoms with E-state index in [1.807, 2.05) is 0 Å². The second kappa shape index (κ2) is 8.67. The molecule has 0 spiro atoms. The lowest BCUT2D eigenvalue weighted by atomic mass is 9.97. The highest BCUT2D eigenvalue weighted by Gasteiger charge is 2.58. The third-order valence-corrected chi connectivity index (χ3v) is 5.15. The van der Waals surface area contributed by atoms with Crippen molar-refractivity contribution < 1.29 is 32.3 Å². The molecule has 0 aliphatic carbocycles. The molecule has 2 aromatic heterocycles. The summed E-state index contributed by atoms with van der Waals surface area (Å²) in [6, 6.07) is 3.91. The molecule has 2 amide bonds. The first-order valence-corrected chi connectivity index (χ1v) is 9.88. The van der Waals surface area contributed by atoms with Crippen LogP contribution in [0.25, 0.3) is 11.3 Å². The summed E-state index contributed by atoms with van der Waals surface area (Å²) in [6.07, 6.45) is -4.24. The van der Waals surface area contributed by atoms with Crippen molar-refractivity contribution in [3.63, 3.8) is 0 Å². The summed E-state index contributed by atoms with van der Waals surface area (Å²) in [5.41, 5.74) is -3.08. The largest absolute Gasteiger partial charge is 0.425 e. The maximum atomic E-state index is 14.4. The van der Waals surface area contributed by atoms with Crippen molar-refractivity contribution in [2.75, 3.05) is 10.6 Å². The number of rotatable bonds is 6. The van der Waals surface area contributed by atoms with Gasteiger partial charge in [-0.2, -0.15) is 13.2 Å². The Morgan fingerprint density at radius 2 is 1.97 bits per heavy atom. The zero-order valence-electron chi connectivity index (χ0n) is 16.7. The first-order valence-electron chi connectivity index (χ1n) is 9.00. The molecular weight excluding hydrogens is 454 g/mol. The van der Waals surface area contributed by atoms with Gasteiger partial charge in [-0.15, -0.1) is 11.3 Å². The van der Waals surface area contributed by atoms with Crippen molar-refractivity contribution in [1.29, 1.82) is 0 Å². The summed E-state index contributed by atoms with van der Waals surface area (Å²) in [5.74, 6) is -2.96. The number of carbonyl (C=O) groups is 2. The number of hydrogen-bond acceptors (Lipinski definition) is 6. The molecule has 2 heterocycles. The number of hydrogen-bond donors (Lipinski definition) is 3. The van der Waals surface area contributed by atoms with Crippen molar-refractivity contribution in [2.24, 2.45) is 7.05 Å². The molecule has 170 valence electrons. The van der Waals surface area contributed by atoms with Crippen LogP contribution in [-0.2, 0) is 22.2 Å². The maximum Gasteiger partial charge on any atom is 0.425 e. The van der Waals surface area contributed by atoms with Gasteiger partial charge in [-0.25, -0.2) is 14.4 Å². The summed E-state index contributed by atoms with van der Waals surface area (Å²) in [5, 5.41) is 16.2. The summed E-state index contributed by atoms with van der Waals surface area (Å²) in [6.45, 7) is 1.27. The standard InChI is InChI=1S/C19H17F4N5O3S/c1-10(29)25-11-3-4-12(13(20)7-11)14-9-32-17(26-14)27-15(30)8-18(31,19(21,22)23)16-24-5-6-28(16)2/h3-7,9,31H,8H2,1-2H3,(H,25,29)(H,26,27,30). The Bertz CT molecular complexity index is 1160. The molecule has 1 aromatic carbocycles. The van der Waals surface area contributed by atoms with E-state index in [0.29, 0.717) is 0 Å². The van der Waals surface area contributed by atoms with E-state index in [-0.39, 0.29) is 28.0 Å². The molecule has 0 aliphatic heterocycles. The summed E-state index contributed by atoms with van der Waals surface area (Å²) >= 11 is 0.867. The van der Waals surface area contributed by atoms with Crippen molar-refractivity contribution in [3.8, 4) is 11.3 Å². The van der Waals surface area contributed by atoms with Gasteiger partial charge in [-0.05, 0) is 18.2 Å². The highest BCUT2D eigenvalue weighted by atomic mass is 32.1. The van der Waals surface area contributed by atoms with Crippen LogP contribution in [0.15, 0.2) is 36.0 Å². The molecule has 1 atom stereocenters. The van der Waals surface area contributed by atoms with E-state index in [0.717, 1.165) is 28.2 Å². The van der Waals surface area contributed by atoms with Crippen LogP contribution >= 0.6 is 11.3 Å². The van der Waals surface area contributed by atoms with Gasteiger partial charge in [-0.1, -0.05) is 0 Å². The van der Waals surface area contributed by atoms with Gasteiger partial charge in [0.15, 0.2) is 11.0 Å². The molecule has 13 heteroatoms. The van der Waals surface area contributed by atoms with Gasteiger partial charge in [0.25, 0.3) is 0 Å². The highest BCUT2D eigenvalue weighted by Crippen LogP contribution is 2.41. The molecule has 32 heavy (non-hydrogen) atoms. The van der Waals surface area contributed by atoms with Crippen molar-refractivity contribution in [1.82, 2.24) is 14.5 Å². The number of aromatic nitrogens is 3. The monoisotopic (exact) mass is 471 g/mol. The number of anilines is 2. The van der Waals surface area contributed by atoms with E-state index in [4.69, 9.17) is 0 Å². The number of aryl methyl sites for hydroxylation is 1. The fourth-order valence-corrected chi connectivity index (χ4v) is 3.65. The maximum absolute atomic E-state index is 14.4. The third kappa shape index (κ3) is 4.78. The molecule has 1 unspecified atom stereocenters. The molecule has 0 saturated carbocycles. The minimum absolute atomic E-state index is 0.0654. The van der Waals surface area contributed by atoms with Gasteiger partial charge >= 0.3 is 6.18 Å². The predicted molar refractivity (Wildman–Crippen MR) is 108 cm³/mol. The zero-order chi connectivity index (χ0) is 23.7. The number of nitrogens with one attached hydrogen (secondary N) is 2. The van der Waals surface area contributed by atoms with Gasteiger partial charge in [0, 0.05) is 43.0 Å². The van der Waals surface area contributed by atoms with E-state index < -0.39 is 35.7 Å². The number of imidazole rings is 1. The number of alkyl halides is 3. The van der Waals surface area contributed by atoms with Crippen molar-refractivity contribution in [2.45, 2.75) is 25.1 Å². The quantitative estimate of drug-likeness (QED) is 0.478. The average molecular weight is 471 g/mol. The molecule has 0 saturated heterocycles. The molecule has 3 rings (SSSR count). The molecule has 0 fully saturated rings. The van der Waals surface area contributed by atoms with Crippen LogP contribution in [0.4, 0.5) is 28.4 Å². The van der Waals surface area contributed by atoms with E-state index >= 15 is 0 Å². The van der Waals surface area contributed by atoms with Crippen LogP contribution in [0.1, 0.15) is 19.2 Å². The average Bonchev–Trinajstić information content (AvgIpc) is 3.29. The van der Waals surface area contributed by atoms with E-state index in [1.54, 1.807) is 0 Å². The number of thiazole rings is 1. The van der Waals surface area contributed by atoms with Crippen LogP contribution in [0, 0.1) is 5.82 Å². The SMILES string of the molecule is CC(=O)Nc1ccc(-c2csc(NC(=O)CC(O)(c3nccn3C)C(F)(F)F)n2)c(F)c1. The van der Waals surface area contributed by atoms with Gasteiger partial charge in [0.2, 0.25) is 17.4 Å². The van der Waals surface area contributed by atoms with Crippen LogP contribution in [0.5, 0.6) is 0 Å². The number of nitrogens with zero attached hydrogens (tertiary/aromatic N) is 3. The Morgan fingerprint density at radius 1 is 1.25 bits per heavy atom. The Kier molecular flexibility index (Phi) is 6.32. The number of amides is 2. The highest BCUT2D eigenvalue weighted by molar-refractivity contribution is 7.14. The molecule has 0 radical (unpaired) electrons. The van der Waals surface area contributed by atoms with Crippen LogP contribution in [0.3, 0.4) is 0 Å². The van der Waals surface area contributed by atoms with Crippen LogP contribution in [-0.4, -0.2) is 37.6 Å². The van der Waals surface area contributed by atoms with Gasteiger partial charge < -0.3 is 20.3 Å². The molecule has 3 aromatic rings. The lowest BCUT2D eigenvalue weighted by molar-refractivity contribution is -0.270. The van der Waals surface area contributed by atoms with Crippen molar-refractivity contribution in [3.05, 3.63) is 47.6 Å². The van der Waals surface area contributed by atoms with Gasteiger partial charge in [0.05, 0.1) is 12.1 Å². The lowest BCUT2D eigenvalue weighted by Gasteiger charge is -2.29. The Morgan fingerprint density at radius 3 is 2.53 bits per heavy atom. The first kappa shape index (κ1) is 23.3. The first-order chi connectivity index (χ1) is 14.9. The molecule has 3 N–H and O–H groups in total. The van der Waals surface area contributed by atoms with Crippen molar-refractivity contribution >= 4 is 34.0 Å². The summed E-state index contributed by atoms with van der Waals surface area (Å²) < 4.78 is 56.0. The molecule has 8 nitrogen and oxygen atoms in total. The fraction of sp³-hybridized carbons (Fsp3) is 0.263. The number of benzene rings is 1. The smallest absolute Gasteiger partial charge is 0.374 e. The minimum atomic E-state index is -5.17. The van der Waals surface area contributed by atoms with Gasteiger partial charge in [0.1, 0.15) is 5.82 Å². The second-order valence-electron chi connectivity index (χ2n) is 6.86. The second-order valence-corrected chi connectivity index (χ2v) is 7.72. The Balaban J connectivity index is 1.77. The Labute approximate surface area is 182 Å². The predicted octanol–water partition coefficient (Wildman–Crippen LogP) is 3.42. The van der Waals surface area contributed by atoms with Crippen LogP contribution < -0.4 is 10.6 Å². The number of halogens is 4. The van der Waals surface area contributed by atoms with Crippen LogP contribution in [0.2, 0.25) is 0 Å². The van der Waals surface area contributed by atoms with E-state index in [2.05, 4.69) is 20.6 Å². The number of aliphatic hydroxyl groups is 1. The topological polar surface area (TPSA) is 109 Å². The molecular formula is C19H17F4N5O3S. The van der Waals surface area contributed by atoms with Gasteiger partial charge in [-0.3, -0.25) is 9.59 Å².